The van der Waals surface area contributed by atoms with E-state index in [4.69, 9.17) is 4.74 Å². The van der Waals surface area contributed by atoms with Gasteiger partial charge in [-0.1, -0.05) is 0 Å². The van der Waals surface area contributed by atoms with E-state index in [1.54, 1.807) is 7.11 Å². The quantitative estimate of drug-likeness (QED) is 0.823. The van der Waals surface area contributed by atoms with Crippen molar-refractivity contribution in [3.8, 4) is 0 Å². The fraction of sp³-hybridized carbons (Fsp3) is 0.545. The summed E-state index contributed by atoms with van der Waals surface area (Å²) in [4.78, 5) is 16.2. The van der Waals surface area contributed by atoms with Crippen LogP contribution in [-0.4, -0.2) is 29.0 Å². The zero-order valence-electron chi connectivity index (χ0n) is 9.64. The lowest BCUT2D eigenvalue weighted by Crippen LogP contribution is -2.32. The minimum atomic E-state index is -0.160. The van der Waals surface area contributed by atoms with E-state index in [0.29, 0.717) is 30.7 Å². The smallest absolute Gasteiger partial charge is 0.275 e. The molecule has 0 amide bonds. The van der Waals surface area contributed by atoms with Gasteiger partial charge in [0.1, 0.15) is 0 Å². The summed E-state index contributed by atoms with van der Waals surface area (Å²) >= 11 is 0. The lowest BCUT2D eigenvalue weighted by Gasteiger charge is -2.17. The van der Waals surface area contributed by atoms with Crippen molar-refractivity contribution in [1.29, 1.82) is 0 Å². The first-order valence-corrected chi connectivity index (χ1v) is 5.71. The standard InChI is InChI=1S/C11H14N4O2/c1-17-6-8-4-10(16)15-11(13-8)12-5-9(14-15)7-2-3-7/h4,7H,2-3,5-6H2,1H3,(H,12,13). The van der Waals surface area contributed by atoms with Crippen LogP contribution in [0.25, 0.3) is 0 Å². The molecule has 2 aliphatic rings. The molecule has 3 rings (SSSR count). The van der Waals surface area contributed by atoms with Crippen molar-refractivity contribution in [3.05, 3.63) is 22.1 Å². The predicted molar refractivity (Wildman–Crippen MR) is 63.3 cm³/mol. The molecule has 1 aliphatic heterocycles. The van der Waals surface area contributed by atoms with Crippen molar-refractivity contribution in [3.63, 3.8) is 0 Å². The number of hydrogen-bond donors (Lipinski definition) is 1. The summed E-state index contributed by atoms with van der Waals surface area (Å²) in [6.07, 6.45) is 2.36. The Morgan fingerprint density at radius 1 is 1.59 bits per heavy atom. The first kappa shape index (κ1) is 10.5. The number of fused-ring (bicyclic) bond motifs is 1. The van der Waals surface area contributed by atoms with E-state index in [2.05, 4.69) is 15.4 Å². The Morgan fingerprint density at radius 2 is 2.41 bits per heavy atom. The third-order valence-electron chi connectivity index (χ3n) is 2.95. The van der Waals surface area contributed by atoms with E-state index < -0.39 is 0 Å². The molecule has 2 heterocycles. The molecule has 0 aromatic carbocycles. The zero-order valence-corrected chi connectivity index (χ0v) is 9.64. The highest BCUT2D eigenvalue weighted by Crippen LogP contribution is 2.31. The highest BCUT2D eigenvalue weighted by atomic mass is 16.5. The minimum absolute atomic E-state index is 0.160. The van der Waals surface area contributed by atoms with E-state index in [-0.39, 0.29) is 5.56 Å². The lowest BCUT2D eigenvalue weighted by molar-refractivity contribution is 0.181. The topological polar surface area (TPSA) is 68.5 Å². The number of methoxy groups -OCH3 is 1. The molecule has 17 heavy (non-hydrogen) atoms. The largest absolute Gasteiger partial charge is 0.378 e. The van der Waals surface area contributed by atoms with Gasteiger partial charge in [-0.15, -0.1) is 0 Å². The second-order valence-corrected chi connectivity index (χ2v) is 4.37. The van der Waals surface area contributed by atoms with Crippen molar-refractivity contribution in [2.45, 2.75) is 19.4 Å². The Bertz CT molecular complexity index is 531. The SMILES string of the molecule is COCc1cc(=O)n2c(n1)NCC(C1CC1)=N2. The molecule has 1 N–H and O–H groups in total. The number of nitrogens with one attached hydrogen (secondary N) is 1. The number of nitrogens with zero attached hydrogens (tertiary/aromatic N) is 3. The van der Waals surface area contributed by atoms with Crippen LogP contribution in [0.4, 0.5) is 5.95 Å². The molecule has 1 aromatic heterocycles. The van der Waals surface area contributed by atoms with Gasteiger partial charge in [0.15, 0.2) is 0 Å². The minimum Gasteiger partial charge on any atom is -0.378 e. The molecule has 0 saturated heterocycles. The molecule has 1 fully saturated rings. The summed E-state index contributed by atoms with van der Waals surface area (Å²) in [5, 5.41) is 7.50. The van der Waals surface area contributed by atoms with Gasteiger partial charge in [0, 0.05) is 19.1 Å². The van der Waals surface area contributed by atoms with Crippen LogP contribution in [-0.2, 0) is 11.3 Å². The normalized spacial score (nSPS) is 18.3. The van der Waals surface area contributed by atoms with Crippen molar-refractivity contribution >= 4 is 11.7 Å². The summed E-state index contributed by atoms with van der Waals surface area (Å²) in [5.74, 6) is 1.06. The predicted octanol–water partition coefficient (Wildman–Crippen LogP) is 0.429. The first-order valence-electron chi connectivity index (χ1n) is 5.71. The molecule has 0 unspecified atom stereocenters. The van der Waals surface area contributed by atoms with Crippen LogP contribution in [0.5, 0.6) is 0 Å². The van der Waals surface area contributed by atoms with Gasteiger partial charge >= 0.3 is 0 Å². The molecular formula is C11H14N4O2. The van der Waals surface area contributed by atoms with Gasteiger partial charge in [0.25, 0.3) is 5.56 Å². The second-order valence-electron chi connectivity index (χ2n) is 4.37. The van der Waals surface area contributed by atoms with Gasteiger partial charge in [-0.2, -0.15) is 9.78 Å². The van der Waals surface area contributed by atoms with Gasteiger partial charge in [-0.05, 0) is 12.8 Å². The van der Waals surface area contributed by atoms with Gasteiger partial charge in [-0.3, -0.25) is 4.79 Å². The summed E-state index contributed by atoms with van der Waals surface area (Å²) in [7, 11) is 1.58. The summed E-state index contributed by atoms with van der Waals surface area (Å²) in [6.45, 7) is 1.03. The molecular weight excluding hydrogens is 220 g/mol. The van der Waals surface area contributed by atoms with Gasteiger partial charge in [0.2, 0.25) is 5.95 Å². The molecule has 90 valence electrons. The zero-order chi connectivity index (χ0) is 11.8. The molecule has 0 atom stereocenters. The van der Waals surface area contributed by atoms with Crippen molar-refractivity contribution in [1.82, 2.24) is 9.66 Å². The number of anilines is 1. The first-order chi connectivity index (χ1) is 8.28. The number of hydrogen-bond acceptors (Lipinski definition) is 5. The van der Waals surface area contributed by atoms with Crippen LogP contribution < -0.4 is 10.9 Å². The third kappa shape index (κ3) is 1.95. The number of aromatic nitrogens is 2. The number of ether oxygens (including phenoxy) is 1. The Morgan fingerprint density at radius 3 is 3.12 bits per heavy atom. The highest BCUT2D eigenvalue weighted by Gasteiger charge is 2.30. The van der Waals surface area contributed by atoms with Gasteiger partial charge in [0.05, 0.1) is 24.6 Å². The van der Waals surface area contributed by atoms with Gasteiger partial charge < -0.3 is 10.1 Å². The summed E-state index contributed by atoms with van der Waals surface area (Å²) in [6, 6.07) is 1.47. The molecule has 6 nitrogen and oxygen atoms in total. The third-order valence-corrected chi connectivity index (χ3v) is 2.95. The highest BCUT2D eigenvalue weighted by molar-refractivity contribution is 5.92. The van der Waals surface area contributed by atoms with E-state index in [0.717, 1.165) is 5.71 Å². The average molecular weight is 234 g/mol. The van der Waals surface area contributed by atoms with E-state index in [9.17, 15) is 4.79 Å². The second kappa shape index (κ2) is 3.96. The Labute approximate surface area is 98.3 Å². The summed E-state index contributed by atoms with van der Waals surface area (Å²) < 4.78 is 6.31. The fourth-order valence-corrected chi connectivity index (χ4v) is 1.93. The van der Waals surface area contributed by atoms with Crippen molar-refractivity contribution < 1.29 is 4.74 Å². The monoisotopic (exact) mass is 234 g/mol. The van der Waals surface area contributed by atoms with Crippen LogP contribution in [0.1, 0.15) is 18.5 Å². The Kier molecular flexibility index (Phi) is 2.44. The molecule has 1 saturated carbocycles. The van der Waals surface area contributed by atoms with Crippen LogP contribution >= 0.6 is 0 Å². The van der Waals surface area contributed by atoms with E-state index >= 15 is 0 Å². The molecule has 6 heteroatoms. The number of rotatable bonds is 3. The molecule has 1 aliphatic carbocycles. The van der Waals surface area contributed by atoms with Crippen LogP contribution in [0, 0.1) is 5.92 Å². The maximum Gasteiger partial charge on any atom is 0.275 e. The molecule has 0 spiro atoms. The van der Waals surface area contributed by atoms with Crippen LogP contribution in [0.2, 0.25) is 0 Å². The van der Waals surface area contributed by atoms with E-state index in [1.165, 1.54) is 23.6 Å². The summed E-state index contributed by atoms with van der Waals surface area (Å²) in [5.41, 5.74) is 1.52. The van der Waals surface area contributed by atoms with Crippen molar-refractivity contribution in [2.24, 2.45) is 11.0 Å². The molecule has 1 aromatic rings. The fourth-order valence-electron chi connectivity index (χ4n) is 1.93. The maximum absolute atomic E-state index is 11.9. The van der Waals surface area contributed by atoms with Crippen LogP contribution in [0.15, 0.2) is 16.0 Å². The van der Waals surface area contributed by atoms with Crippen LogP contribution in [0.3, 0.4) is 0 Å². The Hall–Kier alpha value is -1.69. The van der Waals surface area contributed by atoms with Gasteiger partial charge in [-0.25, -0.2) is 4.98 Å². The average Bonchev–Trinajstić information content (AvgIpc) is 3.13. The van der Waals surface area contributed by atoms with E-state index in [1.807, 2.05) is 0 Å². The molecule has 0 bridgehead atoms. The Balaban J connectivity index is 2.00. The lowest BCUT2D eigenvalue weighted by atomic mass is 10.2. The maximum atomic E-state index is 11.9. The van der Waals surface area contributed by atoms with Crippen molar-refractivity contribution in [2.75, 3.05) is 19.0 Å². The molecule has 0 radical (unpaired) electrons.